The number of benzene rings is 2. The van der Waals surface area contributed by atoms with E-state index in [4.69, 9.17) is 48.6 Å². The van der Waals surface area contributed by atoms with Crippen LogP contribution in [0.1, 0.15) is 70.3 Å². The topological polar surface area (TPSA) is 239 Å². The van der Waals surface area contributed by atoms with Gasteiger partial charge in [0.05, 0.1) is 111 Å². The van der Waals surface area contributed by atoms with Crippen LogP contribution >= 0.6 is 0 Å². The molecule has 4 rings (SSSR count). The number of ether oxygens (including phenoxy) is 8. The molecule has 23 heteroatoms. The van der Waals surface area contributed by atoms with Crippen LogP contribution in [0.3, 0.4) is 0 Å². The van der Waals surface area contributed by atoms with Crippen molar-refractivity contribution >= 4 is 40.2 Å². The molecule has 0 spiro atoms. The van der Waals surface area contributed by atoms with E-state index < -0.39 is 33.9 Å². The number of nitrogens with one attached hydrogen (secondary N) is 1. The van der Waals surface area contributed by atoms with Crippen LogP contribution in [-0.2, 0) is 79.2 Å². The van der Waals surface area contributed by atoms with Crippen LogP contribution < -0.4 is 11.1 Å². The number of hydrogen-bond acceptors (Lipinski definition) is 16. The van der Waals surface area contributed by atoms with Gasteiger partial charge in [-0.1, -0.05) is 51.1 Å². The Hall–Kier alpha value is -5.21. The van der Waals surface area contributed by atoms with Gasteiger partial charge >= 0.3 is 0 Å². The molecule has 0 fully saturated rings. The van der Waals surface area contributed by atoms with E-state index in [1.165, 1.54) is 12.2 Å². The van der Waals surface area contributed by atoms with Gasteiger partial charge in [0.1, 0.15) is 29.0 Å². The van der Waals surface area contributed by atoms with Crippen molar-refractivity contribution in [1.82, 2.24) is 24.7 Å². The number of hydrogen-bond donors (Lipinski definition) is 2. The Morgan fingerprint density at radius 2 is 1.26 bits per heavy atom. The summed E-state index contributed by atoms with van der Waals surface area (Å²) in [7, 11) is -1.63. The highest BCUT2D eigenvalue weighted by Crippen LogP contribution is 2.39. The zero-order chi connectivity index (χ0) is 56.4. The maximum absolute atomic E-state index is 15.1. The zero-order valence-electron chi connectivity index (χ0n) is 45.5. The zero-order valence-corrected chi connectivity index (χ0v) is 46.3. The molecule has 20 nitrogen and oxygen atoms in total. The van der Waals surface area contributed by atoms with E-state index in [0.29, 0.717) is 131 Å². The van der Waals surface area contributed by atoms with Crippen molar-refractivity contribution in [2.24, 2.45) is 11.1 Å². The molecule has 0 aliphatic carbocycles. The first kappa shape index (κ1) is 65.3. The van der Waals surface area contributed by atoms with E-state index in [1.54, 1.807) is 11.1 Å². The number of nitrogens with zero attached hydrogens (tertiary/aromatic N) is 4. The maximum Gasteiger partial charge on any atom is 0.253 e. The molecule has 78 heavy (non-hydrogen) atoms. The normalized spacial score (nSPS) is 13.4. The van der Waals surface area contributed by atoms with E-state index in [-0.39, 0.29) is 97.9 Å². The molecule has 2 heterocycles. The number of imidazole rings is 1. The van der Waals surface area contributed by atoms with Crippen molar-refractivity contribution in [1.29, 1.82) is 0 Å². The minimum atomic E-state index is -1.63. The quantitative estimate of drug-likeness (QED) is 0.0596. The number of imide groups is 1. The Balaban J connectivity index is 0.966. The summed E-state index contributed by atoms with van der Waals surface area (Å²) in [5, 5.41) is 2.74. The second-order valence-corrected chi connectivity index (χ2v) is 20.6. The summed E-state index contributed by atoms with van der Waals surface area (Å²) in [5.41, 5.74) is 6.45. The predicted octanol–water partition coefficient (Wildman–Crippen LogP) is 4.19. The lowest BCUT2D eigenvalue weighted by molar-refractivity contribution is -0.137. The third-order valence-electron chi connectivity index (χ3n) is 11.8. The molecule has 0 saturated carbocycles. The third kappa shape index (κ3) is 25.7. The van der Waals surface area contributed by atoms with Gasteiger partial charge in [0.25, 0.3) is 11.8 Å². The van der Waals surface area contributed by atoms with Gasteiger partial charge < -0.3 is 58.4 Å². The molecule has 2 aromatic carbocycles. The van der Waals surface area contributed by atoms with Crippen LogP contribution in [0.15, 0.2) is 66.9 Å². The van der Waals surface area contributed by atoms with Gasteiger partial charge in [0.15, 0.2) is 0 Å². The predicted molar refractivity (Wildman–Crippen MR) is 287 cm³/mol. The molecule has 1 aromatic heterocycles. The molecule has 2 atom stereocenters. The first-order chi connectivity index (χ1) is 37.7. The second-order valence-electron chi connectivity index (χ2n) is 19.1. The molecule has 4 amide bonds. The number of carbonyl (C=O) groups excluding carboxylic acids is 5. The van der Waals surface area contributed by atoms with Crippen molar-refractivity contribution < 1.29 is 74.9 Å². The molecule has 1 aliphatic rings. The van der Waals surface area contributed by atoms with E-state index in [1.807, 2.05) is 55.7 Å². The summed E-state index contributed by atoms with van der Waals surface area (Å²) in [5.74, 6) is -2.50. The standard InChI is InChI=1S/C55H80F2N6O14S/c1-55(2,3)53(54-60-48(46-39-44(56)12-13-47(46)57)41-61(54)40-43-9-5-4-6-10-43)63(20-8-18-58)52(68)42-78(69)38-19-59-49(65)17-23-71-25-27-73-29-31-75-33-35-77-37-36-76-34-32-74-30-28-72-26-24-70-22-7-11-45(64)16-21-62-50(66)14-15-51(62)67/h4-6,9-10,12-15,39,41,53H,7-8,11,16-38,40,42,58H2,1-3H3,(H,59,65). The molecule has 0 bridgehead atoms. The molecule has 1 aliphatic heterocycles. The van der Waals surface area contributed by atoms with E-state index >= 15 is 4.39 Å². The molecule has 0 saturated heterocycles. The first-order valence-corrected chi connectivity index (χ1v) is 28.0. The molecular weight excluding hydrogens is 1040 g/mol. The summed E-state index contributed by atoms with van der Waals surface area (Å²) >= 11 is 0. The smallest absolute Gasteiger partial charge is 0.253 e. The van der Waals surface area contributed by atoms with Crippen LogP contribution in [0.2, 0.25) is 0 Å². The maximum atomic E-state index is 15.1. The number of nitrogens with two attached hydrogens (primary N) is 1. The van der Waals surface area contributed by atoms with Gasteiger partial charge in [-0.05, 0) is 48.6 Å². The number of carbonyl (C=O) groups is 5. The monoisotopic (exact) mass is 1120 g/mol. The lowest BCUT2D eigenvalue weighted by Gasteiger charge is -2.40. The fourth-order valence-corrected chi connectivity index (χ4v) is 8.82. The van der Waals surface area contributed by atoms with Gasteiger partial charge in [-0.25, -0.2) is 13.8 Å². The summed E-state index contributed by atoms with van der Waals surface area (Å²) < 4.78 is 88.6. The molecular formula is C55H80F2N6O14S. The lowest BCUT2D eigenvalue weighted by Crippen LogP contribution is -2.45. The van der Waals surface area contributed by atoms with E-state index in [9.17, 15) is 32.6 Å². The van der Waals surface area contributed by atoms with Crippen molar-refractivity contribution in [2.45, 2.75) is 65.5 Å². The Labute approximate surface area is 459 Å². The highest BCUT2D eigenvalue weighted by Gasteiger charge is 2.38. The van der Waals surface area contributed by atoms with Gasteiger partial charge in [-0.15, -0.1) is 0 Å². The molecule has 3 N–H and O–H groups in total. The van der Waals surface area contributed by atoms with Gasteiger partial charge in [-0.2, -0.15) is 0 Å². The van der Waals surface area contributed by atoms with E-state index in [2.05, 4.69) is 5.32 Å². The van der Waals surface area contributed by atoms with E-state index in [0.717, 1.165) is 28.7 Å². The minimum absolute atomic E-state index is 0.00877. The van der Waals surface area contributed by atoms with Gasteiger partial charge in [-0.3, -0.25) is 33.1 Å². The summed E-state index contributed by atoms with van der Waals surface area (Å²) in [6.45, 7) is 13.0. The summed E-state index contributed by atoms with van der Waals surface area (Å²) in [6.07, 6.45) is 5.64. The number of halogens is 2. The molecule has 3 aromatic rings. The van der Waals surface area contributed by atoms with Crippen molar-refractivity contribution in [3.05, 3.63) is 89.9 Å². The lowest BCUT2D eigenvalue weighted by atomic mass is 9.84. The second kappa shape index (κ2) is 37.6. The largest absolute Gasteiger partial charge is 0.379 e. The van der Waals surface area contributed by atoms with Crippen LogP contribution in [0.4, 0.5) is 8.78 Å². The fourth-order valence-electron chi connectivity index (χ4n) is 7.91. The average Bonchev–Trinajstić information content (AvgIpc) is 3.96. The summed E-state index contributed by atoms with van der Waals surface area (Å²) in [6, 6.07) is 12.1. The molecule has 0 radical (unpaired) electrons. The number of rotatable bonds is 44. The summed E-state index contributed by atoms with van der Waals surface area (Å²) in [4.78, 5) is 69.2. The molecule has 2 unspecified atom stereocenters. The van der Waals surface area contributed by atoms with Crippen molar-refractivity contribution in [3.63, 3.8) is 0 Å². The van der Waals surface area contributed by atoms with Crippen LogP contribution in [0.5, 0.6) is 0 Å². The Morgan fingerprint density at radius 1 is 0.718 bits per heavy atom. The SMILES string of the molecule is CC(C)(C)C(c1nc(-c2cc(F)ccc2F)cn1Cc1ccccc1)N(CCCN)C(=O)CS(=O)CCNC(=O)CCOCCOCCOCCOCCOCCOCCOCCOCCCC(=O)CCN1C(=O)C=CC1=O. The highest BCUT2D eigenvalue weighted by atomic mass is 32.2. The molecule has 434 valence electrons. The number of ketones is 1. The minimum Gasteiger partial charge on any atom is -0.379 e. The fraction of sp³-hybridized carbons (Fsp3) is 0.600. The van der Waals surface area contributed by atoms with Crippen molar-refractivity contribution in [2.75, 3.05) is 143 Å². The Morgan fingerprint density at radius 3 is 1.79 bits per heavy atom. The first-order valence-electron chi connectivity index (χ1n) is 26.5. The van der Waals surface area contributed by atoms with Crippen LogP contribution in [0.25, 0.3) is 11.3 Å². The number of aromatic nitrogens is 2. The Bertz CT molecular complexity index is 2300. The number of Topliss-reactive ketones (excluding diaryl/α,β-unsaturated/α-hetero) is 1. The number of amides is 4. The van der Waals surface area contributed by atoms with Crippen molar-refractivity contribution in [3.8, 4) is 11.3 Å². The van der Waals surface area contributed by atoms with Crippen LogP contribution in [-0.4, -0.2) is 196 Å². The Kier molecular flexibility index (Phi) is 31.5. The van der Waals surface area contributed by atoms with Gasteiger partial charge in [0, 0.05) is 92.5 Å². The highest BCUT2D eigenvalue weighted by molar-refractivity contribution is 7.85. The average molecular weight is 1120 g/mol. The van der Waals surface area contributed by atoms with Crippen LogP contribution in [0, 0.1) is 17.0 Å². The van der Waals surface area contributed by atoms with Gasteiger partial charge in [0.2, 0.25) is 11.8 Å². The third-order valence-corrected chi connectivity index (χ3v) is 13.0.